The Kier molecular flexibility index (Phi) is 7.03. The number of hydrogen-bond acceptors (Lipinski definition) is 2. The molecule has 12 rings (SSSR count). The van der Waals surface area contributed by atoms with Crippen molar-refractivity contribution in [1.82, 2.24) is 14.5 Å². The summed E-state index contributed by atoms with van der Waals surface area (Å²) < 4.78 is 2.35. The van der Waals surface area contributed by atoms with Crippen molar-refractivity contribution in [1.29, 1.82) is 0 Å². The van der Waals surface area contributed by atoms with Crippen molar-refractivity contribution in [3.63, 3.8) is 0 Å². The molecule has 7 aromatic carbocycles. The number of benzene rings is 7. The maximum atomic E-state index is 5.56. The summed E-state index contributed by atoms with van der Waals surface area (Å²) in [5.41, 5.74) is 8.46. The van der Waals surface area contributed by atoms with E-state index in [2.05, 4.69) is 217 Å². The van der Waals surface area contributed by atoms with Crippen molar-refractivity contribution in [2.45, 2.75) is 19.7 Å². The molecule has 0 saturated heterocycles. The molecule has 0 fully saturated rings. The van der Waals surface area contributed by atoms with Gasteiger partial charge < -0.3 is 4.57 Å². The zero-order chi connectivity index (χ0) is 37.6. The number of fused-ring (bicyclic) bond motifs is 9. The largest absolute Gasteiger partial charge is 0.306 e. The minimum Gasteiger partial charge on any atom is -0.306 e. The highest BCUT2D eigenvalue weighted by atomic mass is 32.3. The molecule has 2 aliphatic rings. The van der Waals surface area contributed by atoms with Gasteiger partial charge in [-0.15, -0.1) is 10.0 Å². The van der Waals surface area contributed by atoms with Crippen LogP contribution in [0.25, 0.3) is 49.7 Å². The Bertz CT molecular complexity index is 2910. The molecule has 3 nitrogen and oxygen atoms in total. The minimum absolute atomic E-state index is 1.07. The van der Waals surface area contributed by atoms with E-state index in [-0.39, 0.29) is 0 Å². The van der Waals surface area contributed by atoms with Gasteiger partial charge in [0.25, 0.3) is 0 Å². The van der Waals surface area contributed by atoms with E-state index in [0.717, 1.165) is 27.1 Å². The van der Waals surface area contributed by atoms with Crippen molar-refractivity contribution in [2.75, 3.05) is 0 Å². The highest BCUT2D eigenvalue weighted by Gasteiger charge is 2.50. The van der Waals surface area contributed by atoms with Gasteiger partial charge in [0.1, 0.15) is 0 Å². The molecule has 0 bridgehead atoms. The summed E-state index contributed by atoms with van der Waals surface area (Å²) in [4.78, 5) is 15.1. The van der Waals surface area contributed by atoms with Crippen molar-refractivity contribution in [3.05, 3.63) is 213 Å². The summed E-state index contributed by atoms with van der Waals surface area (Å²) in [6.45, 7) is 0. The second-order valence-electron chi connectivity index (χ2n) is 14.9. The Hall–Kier alpha value is -6.79. The van der Waals surface area contributed by atoms with Crippen LogP contribution in [0.5, 0.6) is 0 Å². The van der Waals surface area contributed by atoms with Crippen molar-refractivity contribution in [2.24, 2.45) is 0 Å². The van der Waals surface area contributed by atoms with Crippen LogP contribution in [0, 0.1) is 0 Å². The van der Waals surface area contributed by atoms with Gasteiger partial charge in [0.2, 0.25) is 8.07 Å². The van der Waals surface area contributed by atoms with Crippen molar-refractivity contribution in [3.8, 4) is 27.9 Å². The zero-order valence-electron chi connectivity index (χ0n) is 31.0. The number of nitrogens with zero attached hydrogens (tertiary/aromatic N) is 3. The molecular formula is C52H35N3SSi. The Balaban J connectivity index is 1.21. The lowest BCUT2D eigenvalue weighted by Gasteiger charge is -2.38. The van der Waals surface area contributed by atoms with Gasteiger partial charge in [-0.2, -0.15) is 0 Å². The highest BCUT2D eigenvalue weighted by molar-refractivity contribution is 8.34. The predicted molar refractivity (Wildman–Crippen MR) is 238 cm³/mol. The van der Waals surface area contributed by atoms with Gasteiger partial charge in [0.05, 0.1) is 28.5 Å². The summed E-state index contributed by atoms with van der Waals surface area (Å²) in [6.07, 6.45) is 4.27. The fraction of sp³-hybridized carbons (Fsp3) is 0. The van der Waals surface area contributed by atoms with Crippen LogP contribution >= 0.6 is 10.0 Å². The highest BCUT2D eigenvalue weighted by Crippen LogP contribution is 2.79. The molecule has 2 aliphatic heterocycles. The Morgan fingerprint density at radius 3 is 1.51 bits per heavy atom. The smallest absolute Gasteiger partial charge is 0.203 e. The first-order chi connectivity index (χ1) is 28.3. The average Bonchev–Trinajstić information content (AvgIpc) is 3.90. The minimum atomic E-state index is -2.83. The molecule has 5 heteroatoms. The molecule has 0 radical (unpaired) electrons. The summed E-state index contributed by atoms with van der Waals surface area (Å²) in [6, 6.07) is 73.8. The second kappa shape index (κ2) is 12.4. The molecule has 0 amide bonds. The topological polar surface area (TPSA) is 30.7 Å². The molecule has 57 heavy (non-hydrogen) atoms. The molecule has 268 valence electrons. The van der Waals surface area contributed by atoms with E-state index < -0.39 is 18.1 Å². The molecule has 0 saturated carbocycles. The fourth-order valence-electron chi connectivity index (χ4n) is 9.94. The number of para-hydroxylation sites is 1. The van der Waals surface area contributed by atoms with Crippen LogP contribution < -0.4 is 20.9 Å². The molecule has 0 aliphatic carbocycles. The van der Waals surface area contributed by atoms with Gasteiger partial charge in [0, 0.05) is 36.5 Å². The molecule has 0 atom stereocenters. The normalized spacial score (nSPS) is 14.8. The molecule has 0 spiro atoms. The van der Waals surface area contributed by atoms with Crippen LogP contribution in [0.3, 0.4) is 0 Å². The number of hydrogen-bond donors (Lipinski definition) is 0. The van der Waals surface area contributed by atoms with Crippen LogP contribution in [0.15, 0.2) is 232 Å². The van der Waals surface area contributed by atoms with E-state index >= 15 is 0 Å². The van der Waals surface area contributed by atoms with E-state index in [1.54, 1.807) is 0 Å². The lowest BCUT2D eigenvalue weighted by atomic mass is 10.1. The standard InChI is InChI=1S/C52H35N3SSi/c1-4-18-36(19-5-1)55-45-34-53-51(56(37-20-6-2-7-21-37)47-28-14-10-24-39(47)40-25-11-15-29-48(40)56)32-43(45)44-33-52(54-35-46(44)55)57(38-22-8-3-9-23-38)49-30-16-12-26-41(49)42-27-13-17-31-50(42)57/h1-35H. The van der Waals surface area contributed by atoms with Gasteiger partial charge in [-0.3, -0.25) is 4.98 Å². The first kappa shape index (κ1) is 32.4. The van der Waals surface area contributed by atoms with Crippen LogP contribution in [-0.2, 0) is 0 Å². The summed E-state index contributed by atoms with van der Waals surface area (Å²) in [5, 5.41) is 8.74. The second-order valence-corrected chi connectivity index (χ2v) is 21.6. The predicted octanol–water partition coefficient (Wildman–Crippen LogP) is 10.3. The monoisotopic (exact) mass is 761 g/mol. The van der Waals surface area contributed by atoms with Gasteiger partial charge in [-0.25, -0.2) is 4.98 Å². The van der Waals surface area contributed by atoms with Gasteiger partial charge in [0.15, 0.2) is 0 Å². The number of aromatic nitrogens is 3. The molecular weight excluding hydrogens is 727 g/mol. The quantitative estimate of drug-likeness (QED) is 0.164. The maximum Gasteiger partial charge on any atom is 0.203 e. The van der Waals surface area contributed by atoms with E-state index in [0.29, 0.717) is 0 Å². The van der Waals surface area contributed by atoms with E-state index in [1.807, 2.05) is 0 Å². The lowest BCUT2D eigenvalue weighted by molar-refractivity contribution is 1.09. The molecule has 0 N–H and O–H groups in total. The fourth-order valence-corrected chi connectivity index (χ4v) is 19.0. The molecule has 10 aromatic rings. The van der Waals surface area contributed by atoms with E-state index in [9.17, 15) is 0 Å². The third-order valence-corrected chi connectivity index (χ3v) is 20.8. The van der Waals surface area contributed by atoms with Crippen molar-refractivity contribution >= 4 is 60.8 Å². The van der Waals surface area contributed by atoms with Crippen LogP contribution in [0.4, 0.5) is 0 Å². The number of rotatable bonds is 5. The van der Waals surface area contributed by atoms with E-state index in [1.165, 1.54) is 63.3 Å². The summed E-state index contributed by atoms with van der Waals surface area (Å²) >= 11 is 0. The zero-order valence-corrected chi connectivity index (χ0v) is 32.8. The third kappa shape index (κ3) is 4.33. The van der Waals surface area contributed by atoms with Gasteiger partial charge in [-0.05, 0) is 86.3 Å². The average molecular weight is 762 g/mol. The molecule has 0 unspecified atom stereocenters. The van der Waals surface area contributed by atoms with E-state index in [4.69, 9.17) is 9.97 Å². The molecule has 5 heterocycles. The van der Waals surface area contributed by atoms with Crippen LogP contribution in [0.1, 0.15) is 0 Å². The number of pyridine rings is 2. The van der Waals surface area contributed by atoms with Crippen molar-refractivity contribution < 1.29 is 0 Å². The van der Waals surface area contributed by atoms with Crippen LogP contribution in [0.2, 0.25) is 0 Å². The summed E-state index contributed by atoms with van der Waals surface area (Å²) in [7, 11) is -4.77. The molecule has 3 aromatic heterocycles. The lowest BCUT2D eigenvalue weighted by Crippen LogP contribution is -2.73. The first-order valence-corrected chi connectivity index (χ1v) is 23.1. The SMILES string of the molecule is c1ccc(-n2c3cnc([Si]4(c5ccccc5)c5ccccc5-c5ccccc54)cc3c3cc(S4(c5ccccc5)c5ccccc5-c5ccccc54)ncc32)cc1. The van der Waals surface area contributed by atoms with Crippen LogP contribution in [-0.4, -0.2) is 22.6 Å². The first-order valence-electron chi connectivity index (χ1n) is 19.5. The Morgan fingerprint density at radius 2 is 0.895 bits per heavy atom. The Labute approximate surface area is 333 Å². The maximum absolute atomic E-state index is 5.56. The van der Waals surface area contributed by atoms with Gasteiger partial charge in [-0.1, -0.05) is 152 Å². The van der Waals surface area contributed by atoms with Gasteiger partial charge >= 0.3 is 0 Å². The summed E-state index contributed by atoms with van der Waals surface area (Å²) in [5.74, 6) is 0. The Morgan fingerprint density at radius 1 is 0.421 bits per heavy atom. The third-order valence-electron chi connectivity index (χ3n) is 12.2.